The zero-order valence-corrected chi connectivity index (χ0v) is 6.65. The highest BCUT2D eigenvalue weighted by atomic mass is 32.2. The number of benzene rings is 1. The summed E-state index contributed by atoms with van der Waals surface area (Å²) < 4.78 is 34.0. The number of rotatable bonds is 1. The van der Waals surface area contributed by atoms with Crippen molar-refractivity contribution in [2.45, 2.75) is 4.90 Å². The number of sulfone groups is 1. The summed E-state index contributed by atoms with van der Waals surface area (Å²) in [6.07, 6.45) is 1.02. The van der Waals surface area contributed by atoms with Crippen molar-refractivity contribution in [3.8, 4) is 0 Å². The van der Waals surface area contributed by atoms with Crippen LogP contribution in [0.5, 0.6) is 0 Å². The molecule has 0 unspecified atom stereocenters. The Morgan fingerprint density at radius 2 is 2.09 bits per heavy atom. The highest BCUT2D eigenvalue weighted by Crippen LogP contribution is 2.08. The van der Waals surface area contributed by atoms with E-state index in [1.807, 2.05) is 0 Å². The standard InChI is InChI=1S/C7H6FO2S/c1-11(9,10)7-4-2-3-6(8)5-7/h3-5H,1H3. The predicted octanol–water partition coefficient (Wildman–Crippen LogP) is 1.03. The molecule has 0 aromatic heterocycles. The van der Waals surface area contributed by atoms with E-state index < -0.39 is 15.7 Å². The highest BCUT2D eigenvalue weighted by Gasteiger charge is 2.06. The first-order valence-electron chi connectivity index (χ1n) is 2.87. The molecule has 0 heterocycles. The first-order chi connectivity index (χ1) is 5.00. The van der Waals surface area contributed by atoms with Crippen LogP contribution in [-0.4, -0.2) is 14.7 Å². The quantitative estimate of drug-likeness (QED) is 0.635. The Balaban J connectivity index is 3.28. The average Bonchev–Trinajstić information content (AvgIpc) is 1.86. The fourth-order valence-electron chi connectivity index (χ4n) is 0.637. The topological polar surface area (TPSA) is 34.1 Å². The monoisotopic (exact) mass is 173 g/mol. The minimum atomic E-state index is -3.30. The SMILES string of the molecule is CS(=O)(=O)c1c[c]cc(F)c1. The molecular weight excluding hydrogens is 167 g/mol. The molecule has 0 fully saturated rings. The zero-order valence-electron chi connectivity index (χ0n) is 5.83. The lowest BCUT2D eigenvalue weighted by molar-refractivity contribution is 0.595. The van der Waals surface area contributed by atoms with E-state index in [-0.39, 0.29) is 4.90 Å². The summed E-state index contributed by atoms with van der Waals surface area (Å²) in [5, 5.41) is 0. The van der Waals surface area contributed by atoms with E-state index in [4.69, 9.17) is 0 Å². The maximum absolute atomic E-state index is 12.4. The third-order valence-electron chi connectivity index (χ3n) is 1.16. The van der Waals surface area contributed by atoms with E-state index in [1.54, 1.807) is 0 Å². The van der Waals surface area contributed by atoms with Gasteiger partial charge in [-0.3, -0.25) is 0 Å². The van der Waals surface area contributed by atoms with Gasteiger partial charge in [-0.15, -0.1) is 0 Å². The molecule has 11 heavy (non-hydrogen) atoms. The minimum Gasteiger partial charge on any atom is -0.224 e. The smallest absolute Gasteiger partial charge is 0.175 e. The molecule has 0 atom stereocenters. The number of hydrogen-bond donors (Lipinski definition) is 0. The maximum Gasteiger partial charge on any atom is 0.175 e. The summed E-state index contributed by atoms with van der Waals surface area (Å²) >= 11 is 0. The van der Waals surface area contributed by atoms with Crippen molar-refractivity contribution in [1.82, 2.24) is 0 Å². The first kappa shape index (κ1) is 8.20. The van der Waals surface area contributed by atoms with E-state index in [0.29, 0.717) is 0 Å². The molecular formula is C7H6FO2S. The molecule has 0 N–H and O–H groups in total. The van der Waals surface area contributed by atoms with Crippen LogP contribution in [-0.2, 0) is 9.84 Å². The molecule has 0 saturated carbocycles. The van der Waals surface area contributed by atoms with Gasteiger partial charge in [0.2, 0.25) is 0 Å². The second-order valence-corrected chi connectivity index (χ2v) is 4.17. The van der Waals surface area contributed by atoms with Crippen molar-refractivity contribution in [3.63, 3.8) is 0 Å². The summed E-state index contributed by atoms with van der Waals surface area (Å²) in [7, 11) is -3.30. The Labute approximate surface area is 64.6 Å². The van der Waals surface area contributed by atoms with Crippen LogP contribution in [0.25, 0.3) is 0 Å². The Morgan fingerprint density at radius 3 is 2.45 bits per heavy atom. The Hall–Kier alpha value is -0.900. The lowest BCUT2D eigenvalue weighted by atomic mass is 10.4. The van der Waals surface area contributed by atoms with Gasteiger partial charge in [-0.2, -0.15) is 0 Å². The maximum atomic E-state index is 12.4. The molecule has 0 aliphatic rings. The Kier molecular flexibility index (Phi) is 1.95. The summed E-state index contributed by atoms with van der Waals surface area (Å²) in [5.74, 6) is -0.590. The van der Waals surface area contributed by atoms with Crippen LogP contribution in [0.4, 0.5) is 4.39 Å². The van der Waals surface area contributed by atoms with Gasteiger partial charge in [0.25, 0.3) is 0 Å². The summed E-state index contributed by atoms with van der Waals surface area (Å²) in [5.41, 5.74) is 0. The lowest BCUT2D eigenvalue weighted by Gasteiger charge is -1.95. The van der Waals surface area contributed by atoms with Crippen LogP contribution < -0.4 is 0 Å². The highest BCUT2D eigenvalue weighted by molar-refractivity contribution is 7.90. The largest absolute Gasteiger partial charge is 0.224 e. The molecule has 1 aromatic rings. The van der Waals surface area contributed by atoms with Crippen molar-refractivity contribution >= 4 is 9.84 Å². The third kappa shape index (κ3) is 2.01. The van der Waals surface area contributed by atoms with E-state index in [1.165, 1.54) is 6.07 Å². The van der Waals surface area contributed by atoms with Gasteiger partial charge >= 0.3 is 0 Å². The van der Waals surface area contributed by atoms with Crippen LogP contribution in [0.15, 0.2) is 23.1 Å². The van der Waals surface area contributed by atoms with Gasteiger partial charge in [-0.25, -0.2) is 12.8 Å². The summed E-state index contributed by atoms with van der Waals surface area (Å²) in [6.45, 7) is 0. The van der Waals surface area contributed by atoms with Crippen molar-refractivity contribution in [1.29, 1.82) is 0 Å². The van der Waals surface area contributed by atoms with E-state index in [0.717, 1.165) is 18.4 Å². The van der Waals surface area contributed by atoms with Crippen LogP contribution >= 0.6 is 0 Å². The van der Waals surface area contributed by atoms with E-state index >= 15 is 0 Å². The second kappa shape index (κ2) is 2.62. The zero-order chi connectivity index (χ0) is 8.48. The van der Waals surface area contributed by atoms with Gasteiger partial charge in [-0.1, -0.05) is 0 Å². The van der Waals surface area contributed by atoms with Crippen LogP contribution in [0, 0.1) is 11.9 Å². The van der Waals surface area contributed by atoms with E-state index in [9.17, 15) is 12.8 Å². The number of halogens is 1. The van der Waals surface area contributed by atoms with Crippen LogP contribution in [0.1, 0.15) is 0 Å². The van der Waals surface area contributed by atoms with Crippen molar-refractivity contribution in [3.05, 3.63) is 30.1 Å². The van der Waals surface area contributed by atoms with Gasteiger partial charge < -0.3 is 0 Å². The molecule has 0 bridgehead atoms. The fourth-order valence-corrected chi connectivity index (χ4v) is 1.25. The second-order valence-electron chi connectivity index (χ2n) is 2.16. The van der Waals surface area contributed by atoms with Crippen molar-refractivity contribution in [2.75, 3.05) is 6.26 Å². The molecule has 0 aliphatic carbocycles. The molecule has 0 amide bonds. The van der Waals surface area contributed by atoms with Crippen LogP contribution in [0.3, 0.4) is 0 Å². The fraction of sp³-hybridized carbons (Fsp3) is 0.143. The van der Waals surface area contributed by atoms with Gasteiger partial charge in [0, 0.05) is 6.26 Å². The van der Waals surface area contributed by atoms with Gasteiger partial charge in [0.1, 0.15) is 5.82 Å². The van der Waals surface area contributed by atoms with Crippen molar-refractivity contribution in [2.24, 2.45) is 0 Å². The molecule has 0 spiro atoms. The van der Waals surface area contributed by atoms with E-state index in [2.05, 4.69) is 6.07 Å². The molecule has 1 radical (unpaired) electrons. The molecule has 4 heteroatoms. The molecule has 59 valence electrons. The van der Waals surface area contributed by atoms with Crippen LogP contribution in [0.2, 0.25) is 0 Å². The molecule has 0 aliphatic heterocycles. The summed E-state index contributed by atoms with van der Waals surface area (Å²) in [6, 6.07) is 5.66. The van der Waals surface area contributed by atoms with Crippen molar-refractivity contribution < 1.29 is 12.8 Å². The number of hydrogen-bond acceptors (Lipinski definition) is 2. The molecule has 1 aromatic carbocycles. The lowest BCUT2D eigenvalue weighted by Crippen LogP contribution is -1.96. The molecule has 2 nitrogen and oxygen atoms in total. The molecule has 0 saturated heterocycles. The molecule has 1 rings (SSSR count). The average molecular weight is 173 g/mol. The summed E-state index contributed by atoms with van der Waals surface area (Å²) in [4.78, 5) is -0.0440. The third-order valence-corrected chi connectivity index (χ3v) is 2.25. The van der Waals surface area contributed by atoms with Gasteiger partial charge in [0.05, 0.1) is 4.90 Å². The minimum absolute atomic E-state index is 0.0440. The van der Waals surface area contributed by atoms with Gasteiger partial charge in [0.15, 0.2) is 9.84 Å². The normalized spacial score (nSPS) is 11.5. The van der Waals surface area contributed by atoms with Gasteiger partial charge in [-0.05, 0) is 24.3 Å². The first-order valence-corrected chi connectivity index (χ1v) is 4.76. The Bertz CT molecular complexity index is 356. The Morgan fingerprint density at radius 1 is 1.45 bits per heavy atom. The predicted molar refractivity (Wildman–Crippen MR) is 38.3 cm³/mol.